The Hall–Kier alpha value is -3.38. The molecule has 1 fully saturated rings. The molecule has 6 amide bonds. The fourth-order valence-corrected chi connectivity index (χ4v) is 3.79. The quantitative estimate of drug-likeness (QED) is 0.106. The maximum Gasteiger partial charge on any atom is 0.323 e. The molecule has 1 saturated heterocycles. The summed E-state index contributed by atoms with van der Waals surface area (Å²) in [4.78, 5) is 93.4. The second-order valence-corrected chi connectivity index (χ2v) is 9.17. The van der Waals surface area contributed by atoms with E-state index in [2.05, 4.69) is 5.32 Å². The van der Waals surface area contributed by atoms with Crippen molar-refractivity contribution in [3.63, 3.8) is 0 Å². The summed E-state index contributed by atoms with van der Waals surface area (Å²) in [5, 5.41) is 14.1. The van der Waals surface area contributed by atoms with Gasteiger partial charge in [-0.3, -0.25) is 53.1 Å². The first-order chi connectivity index (χ1) is 15.1. The Morgan fingerprint density at radius 3 is 2.12 bits per heavy atom. The summed E-state index contributed by atoms with van der Waals surface area (Å²) in [5.74, 6) is -10.3. The number of imide groups is 2. The molecular weight excluding hydrogens is 492 g/mol. The molecule has 0 radical (unpaired) electrons. The summed E-state index contributed by atoms with van der Waals surface area (Å²) in [6.45, 7) is -1.99. The van der Waals surface area contributed by atoms with Crippen LogP contribution in [-0.2, 0) is 48.5 Å². The normalized spacial score (nSPS) is 17.6. The average Bonchev–Trinajstić information content (AvgIpc) is 3.01. The molecule has 16 nitrogen and oxygen atoms in total. The van der Waals surface area contributed by atoms with E-state index >= 15 is 0 Å². The Morgan fingerprint density at radius 1 is 1.09 bits per heavy atom. The zero-order chi connectivity index (χ0) is 25.6. The molecule has 33 heavy (non-hydrogen) atoms. The number of carboxylic acid groups (broad SMARTS) is 1. The molecule has 1 atom stereocenters. The SMILES string of the molecule is CC(=O)SCC(=O)NCC(=O)NCC(=O)N(CC(=O)O)C(=O)[C@]1(S(=O)(=O)O)CC(=O)NC1=O. The van der Waals surface area contributed by atoms with E-state index in [9.17, 15) is 51.3 Å². The Kier molecular flexibility index (Phi) is 9.19. The number of aliphatic carboxylic acids is 1. The van der Waals surface area contributed by atoms with E-state index in [4.69, 9.17) is 5.11 Å². The van der Waals surface area contributed by atoms with E-state index in [0.29, 0.717) is 11.8 Å². The Bertz CT molecular complexity index is 1020. The lowest BCUT2D eigenvalue weighted by Crippen LogP contribution is -2.61. The molecule has 1 rings (SSSR count). The average molecular weight is 510 g/mol. The minimum atomic E-state index is -5.65. The van der Waals surface area contributed by atoms with Crippen LogP contribution >= 0.6 is 11.8 Å². The molecule has 0 aliphatic carbocycles. The van der Waals surface area contributed by atoms with Crippen LogP contribution < -0.4 is 16.0 Å². The lowest BCUT2D eigenvalue weighted by Gasteiger charge is -2.27. The predicted molar refractivity (Wildman–Crippen MR) is 106 cm³/mol. The zero-order valence-corrected chi connectivity index (χ0v) is 18.4. The molecule has 0 spiro atoms. The highest BCUT2D eigenvalue weighted by molar-refractivity contribution is 8.14. The third-order valence-electron chi connectivity index (χ3n) is 3.94. The minimum Gasteiger partial charge on any atom is -0.480 e. The van der Waals surface area contributed by atoms with E-state index < -0.39 is 82.3 Å². The van der Waals surface area contributed by atoms with Crippen molar-refractivity contribution in [2.24, 2.45) is 0 Å². The number of carboxylic acids is 1. The first-order valence-corrected chi connectivity index (χ1v) is 11.1. The lowest BCUT2D eigenvalue weighted by atomic mass is 10.0. The van der Waals surface area contributed by atoms with Crippen LogP contribution in [0, 0.1) is 0 Å². The number of carbonyl (C=O) groups is 8. The molecular formula is C15H18N4O12S2. The molecule has 0 saturated carbocycles. The van der Waals surface area contributed by atoms with Crippen LogP contribution in [0.25, 0.3) is 0 Å². The largest absolute Gasteiger partial charge is 0.480 e. The molecule has 5 N–H and O–H groups in total. The Balaban J connectivity index is 2.94. The number of rotatable bonds is 10. The van der Waals surface area contributed by atoms with Gasteiger partial charge in [0, 0.05) is 6.92 Å². The van der Waals surface area contributed by atoms with Gasteiger partial charge in [-0.1, -0.05) is 11.8 Å². The van der Waals surface area contributed by atoms with Crippen molar-refractivity contribution in [2.45, 2.75) is 18.1 Å². The van der Waals surface area contributed by atoms with E-state index in [1.54, 1.807) is 0 Å². The van der Waals surface area contributed by atoms with Crippen LogP contribution in [-0.4, -0.2) is 99.6 Å². The minimum absolute atomic E-state index is 0.226. The first-order valence-electron chi connectivity index (χ1n) is 8.66. The molecule has 1 aliphatic heterocycles. The van der Waals surface area contributed by atoms with Gasteiger partial charge in [0.15, 0.2) is 5.12 Å². The van der Waals surface area contributed by atoms with Gasteiger partial charge in [-0.15, -0.1) is 0 Å². The van der Waals surface area contributed by atoms with Gasteiger partial charge in [-0.05, 0) is 0 Å². The topological polar surface area (TPSA) is 250 Å². The van der Waals surface area contributed by atoms with Crippen molar-refractivity contribution in [3.8, 4) is 0 Å². The van der Waals surface area contributed by atoms with Crippen LogP contribution in [0.4, 0.5) is 0 Å². The maximum atomic E-state index is 12.7. The highest BCUT2D eigenvalue weighted by Crippen LogP contribution is 2.29. The number of hydrogen-bond acceptors (Lipinski definition) is 11. The summed E-state index contributed by atoms with van der Waals surface area (Å²) in [6, 6.07) is 0. The zero-order valence-electron chi connectivity index (χ0n) is 16.8. The standard InChI is InChI=1S/C15H18N4O12S2/c1-7(20)32-6-10(23)16-3-9(22)17-4-11(24)19(5-12(25)26)14(28)15(33(29,30)31)2-8(21)18-13(15)27/h2-6H2,1H3,(H,16,23)(H,17,22)(H,25,26)(H,18,21,27)(H,29,30,31)/t15-/m0/s1. The molecule has 182 valence electrons. The third kappa shape index (κ3) is 7.05. The summed E-state index contributed by atoms with van der Waals surface area (Å²) in [5.41, 5.74) is 0. The van der Waals surface area contributed by atoms with Crippen LogP contribution in [0.5, 0.6) is 0 Å². The predicted octanol–water partition coefficient (Wildman–Crippen LogP) is -4.39. The third-order valence-corrected chi connectivity index (χ3v) is 6.14. The van der Waals surface area contributed by atoms with Gasteiger partial charge in [-0.2, -0.15) is 8.42 Å². The second kappa shape index (κ2) is 11.0. The molecule has 0 unspecified atom stereocenters. The maximum absolute atomic E-state index is 12.7. The first kappa shape index (κ1) is 27.7. The van der Waals surface area contributed by atoms with E-state index in [1.807, 2.05) is 5.32 Å². The highest BCUT2D eigenvalue weighted by Gasteiger charge is 2.64. The van der Waals surface area contributed by atoms with E-state index in [1.165, 1.54) is 12.2 Å². The summed E-state index contributed by atoms with van der Waals surface area (Å²) >= 11 is 0.673. The smallest absolute Gasteiger partial charge is 0.323 e. The number of nitrogens with one attached hydrogen (secondary N) is 3. The van der Waals surface area contributed by atoms with Gasteiger partial charge in [0.05, 0.1) is 25.3 Å². The van der Waals surface area contributed by atoms with Gasteiger partial charge in [0.25, 0.3) is 26.7 Å². The fourth-order valence-electron chi connectivity index (χ4n) is 2.43. The van der Waals surface area contributed by atoms with Crippen molar-refractivity contribution in [1.82, 2.24) is 20.9 Å². The van der Waals surface area contributed by atoms with Crippen molar-refractivity contribution < 1.29 is 56.4 Å². The van der Waals surface area contributed by atoms with Crippen molar-refractivity contribution in [1.29, 1.82) is 0 Å². The van der Waals surface area contributed by atoms with E-state index in [0.717, 1.165) is 0 Å². The molecule has 0 aromatic rings. The second-order valence-electron chi connectivity index (χ2n) is 6.37. The van der Waals surface area contributed by atoms with Crippen LogP contribution in [0.1, 0.15) is 13.3 Å². The highest BCUT2D eigenvalue weighted by atomic mass is 32.2. The van der Waals surface area contributed by atoms with Gasteiger partial charge in [0.2, 0.25) is 23.6 Å². The lowest BCUT2D eigenvalue weighted by molar-refractivity contribution is -0.154. The molecule has 1 aliphatic rings. The molecule has 0 aromatic carbocycles. The molecule has 18 heteroatoms. The Morgan fingerprint density at radius 2 is 1.67 bits per heavy atom. The van der Waals surface area contributed by atoms with Crippen molar-refractivity contribution in [3.05, 3.63) is 0 Å². The monoisotopic (exact) mass is 510 g/mol. The van der Waals surface area contributed by atoms with E-state index in [-0.39, 0.29) is 15.8 Å². The molecule has 1 heterocycles. The summed E-state index contributed by atoms with van der Waals surface area (Å²) in [7, 11) is -5.65. The number of amides is 6. The number of hydrogen-bond donors (Lipinski definition) is 5. The molecule has 0 aromatic heterocycles. The number of thioether (sulfide) groups is 1. The fraction of sp³-hybridized carbons (Fsp3) is 0.467. The van der Waals surface area contributed by atoms with Crippen molar-refractivity contribution >= 4 is 68.4 Å². The van der Waals surface area contributed by atoms with Gasteiger partial charge < -0.3 is 15.7 Å². The summed E-state index contributed by atoms with van der Waals surface area (Å²) < 4.78 is 29.5. The van der Waals surface area contributed by atoms with Gasteiger partial charge >= 0.3 is 5.97 Å². The van der Waals surface area contributed by atoms with Gasteiger partial charge in [0.1, 0.15) is 6.54 Å². The number of carbonyl (C=O) groups excluding carboxylic acids is 7. The number of nitrogens with zero attached hydrogens (tertiary/aromatic N) is 1. The van der Waals surface area contributed by atoms with Gasteiger partial charge in [-0.25, -0.2) is 0 Å². The van der Waals surface area contributed by atoms with Crippen LogP contribution in [0.2, 0.25) is 0 Å². The van der Waals surface area contributed by atoms with Crippen LogP contribution in [0.15, 0.2) is 0 Å². The molecule has 0 bridgehead atoms. The van der Waals surface area contributed by atoms with Crippen LogP contribution in [0.3, 0.4) is 0 Å². The Labute approximate surface area is 189 Å². The van der Waals surface area contributed by atoms with Crippen molar-refractivity contribution in [2.75, 3.05) is 25.4 Å². The summed E-state index contributed by atoms with van der Waals surface area (Å²) in [6.07, 6.45) is -1.40.